The summed E-state index contributed by atoms with van der Waals surface area (Å²) in [6.45, 7) is -0.893. The predicted octanol–water partition coefficient (Wildman–Crippen LogP) is 1.92. The molecule has 160 valence electrons. The Morgan fingerprint density at radius 3 is 2.84 bits per heavy atom. The van der Waals surface area contributed by atoms with E-state index in [0.717, 1.165) is 35.9 Å². The number of esters is 2. The quantitative estimate of drug-likeness (QED) is 0.581. The number of amides is 1. The summed E-state index contributed by atoms with van der Waals surface area (Å²) in [6, 6.07) is 6.90. The Morgan fingerprint density at radius 1 is 1.23 bits per heavy atom. The number of carbonyl (C=O) groups is 3. The van der Waals surface area contributed by atoms with Crippen LogP contribution < -0.4 is 10.9 Å². The van der Waals surface area contributed by atoms with Crippen LogP contribution in [-0.4, -0.2) is 41.1 Å². The van der Waals surface area contributed by atoms with Gasteiger partial charge in [-0.3, -0.25) is 19.0 Å². The van der Waals surface area contributed by atoms with E-state index >= 15 is 0 Å². The number of para-hydroxylation sites is 2. The Hall–Kier alpha value is -3.53. The van der Waals surface area contributed by atoms with Crippen LogP contribution in [-0.2, 0) is 38.4 Å². The minimum Gasteiger partial charge on any atom is -0.465 e. The molecule has 1 N–H and O–H groups in total. The Morgan fingerprint density at radius 2 is 2.03 bits per heavy atom. The SMILES string of the molecule is COC(=O)c1c(NC(=O)COC(=O)Cn2c(=O)cnc3ccccc32)sc2c1CCC2. The highest BCUT2D eigenvalue weighted by Crippen LogP contribution is 2.39. The zero-order valence-electron chi connectivity index (χ0n) is 16.7. The van der Waals surface area contributed by atoms with Gasteiger partial charge in [0.15, 0.2) is 6.61 Å². The van der Waals surface area contributed by atoms with Gasteiger partial charge in [0, 0.05) is 4.88 Å². The van der Waals surface area contributed by atoms with Crippen molar-refractivity contribution in [2.75, 3.05) is 19.0 Å². The molecule has 3 aromatic rings. The maximum absolute atomic E-state index is 12.3. The second kappa shape index (κ2) is 8.68. The minimum atomic E-state index is -0.740. The Bertz CT molecular complexity index is 1250. The molecule has 0 bridgehead atoms. The molecule has 0 fully saturated rings. The lowest BCUT2D eigenvalue weighted by Gasteiger charge is -2.10. The highest BCUT2D eigenvalue weighted by molar-refractivity contribution is 7.17. The number of hydrogen-bond acceptors (Lipinski definition) is 8. The molecule has 1 aliphatic carbocycles. The van der Waals surface area contributed by atoms with Crippen LogP contribution in [0.4, 0.5) is 5.00 Å². The first kappa shape index (κ1) is 20.7. The average Bonchev–Trinajstić information content (AvgIpc) is 3.34. The van der Waals surface area contributed by atoms with E-state index in [9.17, 15) is 19.2 Å². The molecule has 0 atom stereocenters. The molecule has 0 radical (unpaired) electrons. The summed E-state index contributed by atoms with van der Waals surface area (Å²) in [7, 11) is 1.29. The maximum atomic E-state index is 12.3. The van der Waals surface area contributed by atoms with E-state index in [1.54, 1.807) is 24.3 Å². The second-order valence-corrected chi connectivity index (χ2v) is 8.04. The van der Waals surface area contributed by atoms with Crippen LogP contribution in [0.25, 0.3) is 11.0 Å². The van der Waals surface area contributed by atoms with E-state index in [-0.39, 0.29) is 6.54 Å². The van der Waals surface area contributed by atoms with Crippen LogP contribution in [0, 0.1) is 0 Å². The lowest BCUT2D eigenvalue weighted by molar-refractivity contribution is -0.147. The largest absolute Gasteiger partial charge is 0.465 e. The number of thiophene rings is 1. The molecule has 0 unspecified atom stereocenters. The molecule has 1 aromatic carbocycles. The number of hydrogen-bond donors (Lipinski definition) is 1. The molecule has 0 saturated heterocycles. The van der Waals surface area contributed by atoms with Crippen LogP contribution in [0.1, 0.15) is 27.2 Å². The van der Waals surface area contributed by atoms with Gasteiger partial charge >= 0.3 is 11.9 Å². The highest BCUT2D eigenvalue weighted by Gasteiger charge is 2.28. The van der Waals surface area contributed by atoms with Gasteiger partial charge < -0.3 is 14.8 Å². The van der Waals surface area contributed by atoms with Crippen molar-refractivity contribution in [3.63, 3.8) is 0 Å². The first-order valence-electron chi connectivity index (χ1n) is 9.61. The molecule has 1 amide bonds. The van der Waals surface area contributed by atoms with Crippen molar-refractivity contribution in [2.24, 2.45) is 0 Å². The zero-order chi connectivity index (χ0) is 22.0. The van der Waals surface area contributed by atoms with Crippen LogP contribution in [0.2, 0.25) is 0 Å². The molecule has 0 saturated carbocycles. The van der Waals surface area contributed by atoms with E-state index in [1.807, 2.05) is 0 Å². The lowest BCUT2D eigenvalue weighted by atomic mass is 10.1. The number of methoxy groups -OCH3 is 1. The molecule has 2 heterocycles. The number of ether oxygens (including phenoxy) is 2. The van der Waals surface area contributed by atoms with Gasteiger partial charge in [0.05, 0.1) is 29.9 Å². The summed E-state index contributed by atoms with van der Waals surface area (Å²) in [5.41, 5.74) is 1.89. The molecule has 4 rings (SSSR count). The topological polar surface area (TPSA) is 117 Å². The number of aromatic nitrogens is 2. The molecular formula is C21H19N3O6S. The van der Waals surface area contributed by atoms with Gasteiger partial charge in [-0.2, -0.15) is 0 Å². The fraction of sp³-hybridized carbons (Fsp3) is 0.286. The lowest BCUT2D eigenvalue weighted by Crippen LogP contribution is -2.28. The Labute approximate surface area is 180 Å². The standard InChI is InChI=1S/C21H19N3O6S/c1-29-21(28)19-12-5-4-8-15(12)31-20(19)23-16(25)11-30-18(27)10-24-14-7-3-2-6-13(14)22-9-17(24)26/h2-3,6-7,9H,4-5,8,10-11H2,1H3,(H,23,25). The molecule has 0 spiro atoms. The molecule has 10 heteroatoms. The number of nitrogens with zero attached hydrogens (tertiary/aromatic N) is 2. The van der Waals surface area contributed by atoms with Crippen molar-refractivity contribution >= 4 is 45.2 Å². The fourth-order valence-electron chi connectivity index (χ4n) is 3.57. The van der Waals surface area contributed by atoms with Crippen molar-refractivity contribution in [2.45, 2.75) is 25.8 Å². The summed E-state index contributed by atoms with van der Waals surface area (Å²) >= 11 is 1.34. The fourth-order valence-corrected chi connectivity index (χ4v) is 4.87. The van der Waals surface area contributed by atoms with Crippen molar-refractivity contribution in [3.05, 3.63) is 56.8 Å². The van der Waals surface area contributed by atoms with Crippen LogP contribution >= 0.6 is 11.3 Å². The molecule has 9 nitrogen and oxygen atoms in total. The monoisotopic (exact) mass is 441 g/mol. The Balaban J connectivity index is 1.41. The third-order valence-corrected chi connectivity index (χ3v) is 6.18. The minimum absolute atomic E-state index is 0.351. The summed E-state index contributed by atoms with van der Waals surface area (Å²) in [5, 5.41) is 3.04. The van der Waals surface area contributed by atoms with E-state index in [4.69, 9.17) is 9.47 Å². The van der Waals surface area contributed by atoms with Crippen molar-refractivity contribution in [1.29, 1.82) is 0 Å². The third-order valence-electron chi connectivity index (χ3n) is 4.97. The number of aryl methyl sites for hydroxylation is 1. The van der Waals surface area contributed by atoms with Gasteiger partial charge in [0.1, 0.15) is 11.5 Å². The first-order valence-corrected chi connectivity index (χ1v) is 10.4. The van der Waals surface area contributed by atoms with Crippen LogP contribution in [0.3, 0.4) is 0 Å². The second-order valence-electron chi connectivity index (χ2n) is 6.93. The number of rotatable bonds is 6. The first-order chi connectivity index (χ1) is 15.0. The Kier molecular flexibility index (Phi) is 5.81. The summed E-state index contributed by atoms with van der Waals surface area (Å²) in [5.74, 6) is -1.82. The molecular weight excluding hydrogens is 422 g/mol. The van der Waals surface area contributed by atoms with Gasteiger partial charge in [0.25, 0.3) is 11.5 Å². The van der Waals surface area contributed by atoms with Gasteiger partial charge in [-0.05, 0) is 37.0 Å². The van der Waals surface area contributed by atoms with E-state index in [2.05, 4.69) is 10.3 Å². The van der Waals surface area contributed by atoms with Crippen molar-refractivity contribution < 1.29 is 23.9 Å². The molecule has 0 aliphatic heterocycles. The maximum Gasteiger partial charge on any atom is 0.341 e. The van der Waals surface area contributed by atoms with Gasteiger partial charge in [-0.25, -0.2) is 9.78 Å². The normalized spacial score (nSPS) is 12.4. The third kappa shape index (κ3) is 4.19. The van der Waals surface area contributed by atoms with Gasteiger partial charge in [-0.15, -0.1) is 11.3 Å². The summed E-state index contributed by atoms with van der Waals surface area (Å²) < 4.78 is 11.1. The predicted molar refractivity (Wildman–Crippen MR) is 113 cm³/mol. The van der Waals surface area contributed by atoms with Crippen LogP contribution in [0.15, 0.2) is 35.3 Å². The molecule has 2 aromatic heterocycles. The van der Waals surface area contributed by atoms with E-state index < -0.39 is 30.0 Å². The van der Waals surface area contributed by atoms with Crippen molar-refractivity contribution in [1.82, 2.24) is 9.55 Å². The van der Waals surface area contributed by atoms with E-state index in [0.29, 0.717) is 21.6 Å². The van der Waals surface area contributed by atoms with E-state index in [1.165, 1.54) is 23.0 Å². The van der Waals surface area contributed by atoms with Gasteiger partial charge in [-0.1, -0.05) is 12.1 Å². The van der Waals surface area contributed by atoms with Gasteiger partial charge in [0.2, 0.25) is 0 Å². The number of carbonyl (C=O) groups excluding carboxylic acids is 3. The number of benzene rings is 1. The number of anilines is 1. The zero-order valence-corrected chi connectivity index (χ0v) is 17.5. The highest BCUT2D eigenvalue weighted by atomic mass is 32.1. The number of fused-ring (bicyclic) bond motifs is 2. The van der Waals surface area contributed by atoms with Crippen molar-refractivity contribution in [3.8, 4) is 0 Å². The number of nitrogens with one attached hydrogen (secondary N) is 1. The molecule has 1 aliphatic rings. The average molecular weight is 441 g/mol. The van der Waals surface area contributed by atoms with Crippen LogP contribution in [0.5, 0.6) is 0 Å². The summed E-state index contributed by atoms with van der Waals surface area (Å²) in [4.78, 5) is 53.9. The molecule has 31 heavy (non-hydrogen) atoms. The summed E-state index contributed by atoms with van der Waals surface area (Å²) in [6.07, 6.45) is 3.70. The smallest absolute Gasteiger partial charge is 0.341 e.